The monoisotopic (exact) mass is 1840 g/mol. The number of ether oxygens (including phenoxy) is 6. The van der Waals surface area contributed by atoms with Gasteiger partial charge in [-0.3, -0.25) is 9.36 Å². The number of alkyl halides is 2. The fraction of sp³-hybridized carbons (Fsp3) is 0.422. The summed E-state index contributed by atoms with van der Waals surface area (Å²) in [6, 6.07) is 18.5. The van der Waals surface area contributed by atoms with E-state index in [0.717, 1.165) is 138 Å². The van der Waals surface area contributed by atoms with Gasteiger partial charge in [0.25, 0.3) is 0 Å². The number of aryl methyl sites for hydroxylation is 1. The maximum atomic E-state index is 14.5. The molecule has 10 N–H and O–H groups in total. The highest BCUT2D eigenvalue weighted by molar-refractivity contribution is 5.96. The predicted molar refractivity (Wildman–Crippen MR) is 489 cm³/mol. The molecule has 16 aromatic rings. The number of rotatable bonds is 21. The molecule has 12 aromatic heterocycles. The highest BCUT2D eigenvalue weighted by Gasteiger charge is 2.37. The Morgan fingerprint density at radius 1 is 0.433 bits per heavy atom. The predicted octanol–water partition coefficient (Wildman–Crippen LogP) is 12.3. The third-order valence-electron chi connectivity index (χ3n) is 24.5. The smallest absolute Gasteiger partial charge is 0.388 e. The Hall–Kier alpha value is -14.5. The number of nitrogens with zero attached hydrogens (tertiary/aromatic N) is 26. The van der Waals surface area contributed by atoms with Crippen LogP contribution < -0.4 is 71.0 Å². The molecule has 702 valence electrons. The van der Waals surface area contributed by atoms with Gasteiger partial charge in [0.05, 0.1) is 116 Å². The third-order valence-corrected chi connectivity index (χ3v) is 24.5. The molecule has 4 aliphatic heterocycles. The van der Waals surface area contributed by atoms with Crippen molar-refractivity contribution in [3.8, 4) is 34.8 Å². The number of hydrogen-bond acceptors (Lipinski definition) is 32. The van der Waals surface area contributed by atoms with Crippen LogP contribution in [0.2, 0.25) is 0 Å². The van der Waals surface area contributed by atoms with Crippen LogP contribution >= 0.6 is 0 Å². The third kappa shape index (κ3) is 18.5. The first kappa shape index (κ1) is 90.1. The van der Waals surface area contributed by atoms with Gasteiger partial charge in [0.15, 0.2) is 92.2 Å². The van der Waals surface area contributed by atoms with Gasteiger partial charge in [0.2, 0.25) is 35.6 Å². The highest BCUT2D eigenvalue weighted by Crippen LogP contribution is 2.46. The van der Waals surface area contributed by atoms with Crippen LogP contribution in [0, 0.1) is 23.3 Å². The number of fused-ring (bicyclic) bond motifs is 12. The fourth-order valence-electron chi connectivity index (χ4n) is 17.9. The van der Waals surface area contributed by atoms with Crippen molar-refractivity contribution in [1.82, 2.24) is 108 Å². The molecule has 1 aliphatic carbocycles. The molecule has 0 amide bonds. The summed E-state index contributed by atoms with van der Waals surface area (Å²) in [5.74, 6) is 2.85. The summed E-state index contributed by atoms with van der Waals surface area (Å²) in [6.07, 6.45) is 17.2. The topological polar surface area (TPSA) is 447 Å². The van der Waals surface area contributed by atoms with Crippen LogP contribution in [0.3, 0.4) is 0 Å². The van der Waals surface area contributed by atoms with Gasteiger partial charge in [-0.1, -0.05) is 0 Å². The van der Waals surface area contributed by atoms with Gasteiger partial charge >= 0.3 is 6.61 Å². The van der Waals surface area contributed by atoms with Crippen molar-refractivity contribution >= 4 is 113 Å². The Morgan fingerprint density at radius 2 is 0.776 bits per heavy atom. The SMILES string of the molecule is CCn1cc(N2CCC[C@@H](c3nc4c5cc(F)c(OC)cc5nc(N)n4n3)C2)c(CO)n1.COc1cc2nc(N)n3nc([C@@H]4CCCN(c5ccc(OC(C)C)nc5)C4)nc3c2cc1F.COc1cc2nc(N)n3nc([C@@H]4CCCN(c5ccc(OC(F)F)nc5)C4)nc3c2cc1F.COc1cc2nc(N)n3nc([C@@H]4CCCN(c5cn(CC(C)(C)O)nc5C5CC5)C4)nc3c2cc1F. The number of nitrogens with two attached hydrogens (primary N) is 4. The van der Waals surface area contributed by atoms with E-state index < -0.39 is 35.5 Å². The van der Waals surface area contributed by atoms with Gasteiger partial charge in [-0.2, -0.15) is 37.0 Å². The Kier molecular flexibility index (Phi) is 25.1. The minimum atomic E-state index is -2.92. The van der Waals surface area contributed by atoms with Crippen molar-refractivity contribution in [2.45, 2.75) is 166 Å². The van der Waals surface area contributed by atoms with Gasteiger partial charge < -0.3 is 81.2 Å². The van der Waals surface area contributed by atoms with Crippen molar-refractivity contribution in [3.05, 3.63) is 156 Å². The van der Waals surface area contributed by atoms with Crippen LogP contribution in [0.1, 0.15) is 163 Å². The highest BCUT2D eigenvalue weighted by atomic mass is 19.3. The number of hydrogen-bond donors (Lipinski definition) is 6. The lowest BCUT2D eigenvalue weighted by atomic mass is 9.96. The van der Waals surface area contributed by atoms with Gasteiger partial charge in [-0.05, 0) is 135 Å². The molecule has 44 heteroatoms. The molecule has 21 rings (SSSR count). The Balaban J connectivity index is 0.000000120. The summed E-state index contributed by atoms with van der Waals surface area (Å²) in [4.78, 5) is 53.7. The van der Waals surface area contributed by atoms with E-state index in [0.29, 0.717) is 127 Å². The molecular formula is C90H102F6N30O8. The van der Waals surface area contributed by atoms with E-state index in [4.69, 9.17) is 71.8 Å². The number of halogens is 6. The molecule has 38 nitrogen and oxygen atoms in total. The number of methoxy groups -OCH3 is 4. The maximum Gasteiger partial charge on any atom is 0.388 e. The van der Waals surface area contributed by atoms with E-state index in [-0.39, 0.29) is 89.1 Å². The summed E-state index contributed by atoms with van der Waals surface area (Å²) in [5, 5.41) is 49.9. The summed E-state index contributed by atoms with van der Waals surface area (Å²) in [6.45, 7) is 14.0. The van der Waals surface area contributed by atoms with Gasteiger partial charge in [-0.15, -0.1) is 20.4 Å². The molecule has 16 heterocycles. The number of anilines is 8. The minimum absolute atomic E-state index is 0.0202. The summed E-state index contributed by atoms with van der Waals surface area (Å²) < 4.78 is 122. The lowest BCUT2D eigenvalue weighted by Gasteiger charge is -2.33. The van der Waals surface area contributed by atoms with Gasteiger partial charge in [0, 0.05) is 159 Å². The van der Waals surface area contributed by atoms with Crippen molar-refractivity contribution in [2.75, 3.05) is 123 Å². The van der Waals surface area contributed by atoms with E-state index in [1.165, 1.54) is 107 Å². The molecule has 0 unspecified atom stereocenters. The zero-order valence-electron chi connectivity index (χ0n) is 75.2. The van der Waals surface area contributed by atoms with E-state index >= 15 is 0 Å². The lowest BCUT2D eigenvalue weighted by Crippen LogP contribution is -2.35. The van der Waals surface area contributed by atoms with Gasteiger partial charge in [0.1, 0.15) is 5.69 Å². The second kappa shape index (κ2) is 37.3. The average molecular weight is 1850 g/mol. The number of benzene rings is 4. The molecule has 1 saturated carbocycles. The number of nitrogen functional groups attached to an aromatic ring is 4. The first-order valence-electron chi connectivity index (χ1n) is 44.4. The largest absolute Gasteiger partial charge is 0.494 e. The Labute approximate surface area is 762 Å². The van der Waals surface area contributed by atoms with Crippen molar-refractivity contribution < 1.29 is 65.0 Å². The first-order chi connectivity index (χ1) is 64.6. The van der Waals surface area contributed by atoms with Crippen molar-refractivity contribution in [2.24, 2.45) is 0 Å². The molecule has 4 saturated heterocycles. The number of piperidine rings is 4. The van der Waals surface area contributed by atoms with Crippen LogP contribution in [-0.2, 0) is 19.7 Å². The minimum Gasteiger partial charge on any atom is -0.494 e. The summed E-state index contributed by atoms with van der Waals surface area (Å²) >= 11 is 0. The fourth-order valence-corrected chi connectivity index (χ4v) is 17.9. The molecule has 134 heavy (non-hydrogen) atoms. The van der Waals surface area contributed by atoms with E-state index in [1.807, 2.05) is 54.7 Å². The molecule has 5 fully saturated rings. The number of pyridine rings is 2. The van der Waals surface area contributed by atoms with Crippen molar-refractivity contribution in [1.29, 1.82) is 0 Å². The van der Waals surface area contributed by atoms with Crippen LogP contribution in [-0.4, -0.2) is 217 Å². The van der Waals surface area contributed by atoms with Crippen LogP contribution in [0.25, 0.3) is 66.2 Å². The molecular weight excluding hydrogens is 1740 g/mol. The number of aliphatic hydroxyl groups excluding tert-OH is 1. The van der Waals surface area contributed by atoms with Crippen LogP contribution in [0.5, 0.6) is 34.8 Å². The molecule has 0 spiro atoms. The second-order valence-corrected chi connectivity index (χ2v) is 34.8. The zero-order chi connectivity index (χ0) is 93.8. The molecule has 4 atom stereocenters. The van der Waals surface area contributed by atoms with Crippen molar-refractivity contribution in [3.63, 3.8) is 0 Å². The number of aromatic nitrogens is 22. The van der Waals surface area contributed by atoms with Gasteiger partial charge in [-0.25, -0.2) is 67.4 Å². The summed E-state index contributed by atoms with van der Waals surface area (Å²) in [7, 11) is 5.61. The quantitative estimate of drug-likeness (QED) is 0.0364. The standard InChI is InChI=1S/C25H31FN8O2.C23H26FN7O2.C21H20F3N7O2.C21H25FN8O2/c1-25(2,35)13-33-12-19(21(30-33)14-6-7-14)32-8-4-5-15(11-32)22-29-23-16-9-17(26)20(36-3)10-18(16)28-24(27)34(23)31-22;1-13(2)33-20-7-6-15(11-26-20)30-8-4-5-14(12-30)21-28-22-16-9-17(24)19(32-3)10-18(16)27-23(25)31(22)29-21;1-32-16-8-15-13(7-14(16)22)19-28-18(29-31(19)21(25)27-15)11-3-2-6-30(10-11)12-4-5-17(26-9-12)33-20(23)24;1-3-29-10-17(16(11-31)26-29)28-6-4-5-12(9-28)19-25-20-13-7-14(22)18(32-2)8-15(13)24-21(23)30(20)27-19/h9-10,12,14-15,35H,4-8,11,13H2,1-3H3,(H2,27,28);6-7,9-11,13-14H,4-5,8,12H2,1-3H3,(H2,25,27);4-5,7-9,11,20H,2-3,6,10H2,1H3,(H2,25,27);7-8,10,12,31H,3-6,9,11H2,1-2H3,(H2,23,24)/t15-;14-;11-;12-/m1111/s1. The summed E-state index contributed by atoms with van der Waals surface area (Å²) in [5.41, 5.74) is 33.2. The maximum absolute atomic E-state index is 14.5. The Bertz CT molecular complexity index is 6820. The number of aliphatic hydroxyl groups is 2. The molecule has 5 aliphatic rings. The van der Waals surface area contributed by atoms with E-state index in [2.05, 4.69) is 85.8 Å². The molecule has 4 aromatic carbocycles. The molecule has 0 radical (unpaired) electrons. The van der Waals surface area contributed by atoms with E-state index in [9.17, 15) is 36.6 Å². The zero-order valence-corrected chi connectivity index (χ0v) is 75.2. The lowest BCUT2D eigenvalue weighted by molar-refractivity contribution is -0.0528. The van der Waals surface area contributed by atoms with Crippen LogP contribution in [0.15, 0.2) is 97.6 Å². The Morgan fingerprint density at radius 3 is 1.09 bits per heavy atom. The van der Waals surface area contributed by atoms with E-state index in [1.54, 1.807) is 19.9 Å². The molecule has 0 bridgehead atoms. The van der Waals surface area contributed by atoms with Crippen LogP contribution in [0.4, 0.5) is 72.9 Å². The average Bonchev–Trinajstić information content (AvgIpc) is 1.64. The normalized spacial score (nSPS) is 17.3. The second-order valence-electron chi connectivity index (χ2n) is 34.8. The first-order valence-corrected chi connectivity index (χ1v) is 44.4.